The summed E-state index contributed by atoms with van der Waals surface area (Å²) in [4.78, 5) is 20.2. The van der Waals surface area contributed by atoms with E-state index in [-0.39, 0.29) is 11.9 Å². The number of benzene rings is 1. The first-order valence-corrected chi connectivity index (χ1v) is 9.28. The molecular weight excluding hydrogens is 340 g/mol. The number of rotatable bonds is 7. The van der Waals surface area contributed by atoms with Crippen LogP contribution in [0.4, 0.5) is 0 Å². The van der Waals surface area contributed by atoms with Crippen molar-refractivity contribution in [3.63, 3.8) is 0 Å². The summed E-state index contributed by atoms with van der Waals surface area (Å²) >= 11 is 0. The van der Waals surface area contributed by atoms with E-state index in [2.05, 4.69) is 53.6 Å². The van der Waals surface area contributed by atoms with E-state index in [4.69, 9.17) is 4.74 Å². The minimum atomic E-state index is -0.419. The van der Waals surface area contributed by atoms with Crippen molar-refractivity contribution in [1.82, 2.24) is 20.1 Å². The van der Waals surface area contributed by atoms with Gasteiger partial charge in [0.15, 0.2) is 6.35 Å². The average Bonchev–Trinajstić information content (AvgIpc) is 2.66. The summed E-state index contributed by atoms with van der Waals surface area (Å²) in [5, 5.41) is 3.42. The van der Waals surface area contributed by atoms with E-state index in [1.165, 1.54) is 11.1 Å². The van der Waals surface area contributed by atoms with Crippen LogP contribution in [0.3, 0.4) is 0 Å². The lowest BCUT2D eigenvalue weighted by Crippen LogP contribution is -2.55. The van der Waals surface area contributed by atoms with Crippen molar-refractivity contribution in [2.24, 2.45) is 0 Å². The van der Waals surface area contributed by atoms with Crippen LogP contribution in [0.2, 0.25) is 0 Å². The Morgan fingerprint density at radius 2 is 1.81 bits per heavy atom. The Morgan fingerprint density at radius 1 is 1.15 bits per heavy atom. The lowest BCUT2D eigenvalue weighted by molar-refractivity contribution is -0.156. The van der Waals surface area contributed by atoms with Crippen molar-refractivity contribution >= 4 is 5.91 Å². The number of aromatic nitrogens is 1. The third kappa shape index (κ3) is 5.35. The molecule has 0 aliphatic carbocycles. The topological polar surface area (TPSA) is 57.7 Å². The Bertz CT molecular complexity index is 734. The van der Waals surface area contributed by atoms with Crippen molar-refractivity contribution in [3.05, 3.63) is 65.5 Å². The van der Waals surface area contributed by atoms with Crippen LogP contribution in [-0.4, -0.2) is 54.8 Å². The van der Waals surface area contributed by atoms with E-state index in [0.717, 1.165) is 18.5 Å². The third-order valence-corrected chi connectivity index (χ3v) is 4.76. The molecule has 0 spiro atoms. The lowest BCUT2D eigenvalue weighted by Gasteiger charge is -2.37. The van der Waals surface area contributed by atoms with Gasteiger partial charge in [-0.2, -0.15) is 0 Å². The zero-order valence-corrected chi connectivity index (χ0v) is 16.3. The Hall–Kier alpha value is -2.28. The van der Waals surface area contributed by atoms with Gasteiger partial charge in [0.2, 0.25) is 5.91 Å². The molecular formula is C21H28N4O2. The monoisotopic (exact) mass is 368 g/mol. The highest BCUT2D eigenvalue weighted by atomic mass is 16.5. The second kappa shape index (κ2) is 9.08. The molecule has 0 saturated carbocycles. The fourth-order valence-corrected chi connectivity index (χ4v) is 3.23. The smallest absolute Gasteiger partial charge is 0.227 e. The minimum Gasteiger partial charge on any atom is -0.345 e. The molecule has 1 aromatic carbocycles. The summed E-state index contributed by atoms with van der Waals surface area (Å²) in [6, 6.07) is 12.4. The van der Waals surface area contributed by atoms with E-state index >= 15 is 0 Å². The van der Waals surface area contributed by atoms with E-state index in [1.807, 2.05) is 12.1 Å². The molecule has 3 rings (SSSR count). The SMILES string of the molecule is CN(C)Cc1ccc(CCOC2NC(c3ccncc3)CC(=O)N2C)cc1. The summed E-state index contributed by atoms with van der Waals surface area (Å²) in [7, 11) is 5.91. The summed E-state index contributed by atoms with van der Waals surface area (Å²) in [6.45, 7) is 1.48. The van der Waals surface area contributed by atoms with Gasteiger partial charge in [-0.05, 0) is 49.3 Å². The molecule has 2 heterocycles. The van der Waals surface area contributed by atoms with E-state index < -0.39 is 6.35 Å². The second-order valence-corrected chi connectivity index (χ2v) is 7.24. The molecule has 2 atom stereocenters. The molecule has 0 radical (unpaired) electrons. The van der Waals surface area contributed by atoms with Gasteiger partial charge in [-0.15, -0.1) is 0 Å². The predicted molar refractivity (Wildman–Crippen MR) is 105 cm³/mol. The Morgan fingerprint density at radius 3 is 2.48 bits per heavy atom. The Balaban J connectivity index is 1.54. The van der Waals surface area contributed by atoms with Crippen molar-refractivity contribution in [2.75, 3.05) is 27.7 Å². The van der Waals surface area contributed by atoms with Gasteiger partial charge in [-0.25, -0.2) is 0 Å². The molecule has 1 aromatic heterocycles. The molecule has 1 saturated heterocycles. The van der Waals surface area contributed by atoms with E-state index in [9.17, 15) is 4.79 Å². The fourth-order valence-electron chi connectivity index (χ4n) is 3.23. The molecule has 6 nitrogen and oxygen atoms in total. The van der Waals surface area contributed by atoms with Crippen LogP contribution in [0.1, 0.15) is 29.2 Å². The number of carbonyl (C=O) groups is 1. The van der Waals surface area contributed by atoms with E-state index in [1.54, 1.807) is 24.3 Å². The average molecular weight is 368 g/mol. The Labute approximate surface area is 161 Å². The minimum absolute atomic E-state index is 0.0491. The second-order valence-electron chi connectivity index (χ2n) is 7.24. The number of amides is 1. The van der Waals surface area contributed by atoms with Crippen LogP contribution >= 0.6 is 0 Å². The number of hydrogen-bond donors (Lipinski definition) is 1. The maximum absolute atomic E-state index is 12.3. The summed E-state index contributed by atoms with van der Waals surface area (Å²) in [6.07, 6.45) is 4.30. The van der Waals surface area contributed by atoms with Crippen LogP contribution in [0.25, 0.3) is 0 Å². The number of nitrogens with zero attached hydrogens (tertiary/aromatic N) is 3. The van der Waals surface area contributed by atoms with Crippen molar-refractivity contribution in [3.8, 4) is 0 Å². The van der Waals surface area contributed by atoms with Crippen molar-refractivity contribution < 1.29 is 9.53 Å². The van der Waals surface area contributed by atoms with Gasteiger partial charge in [0.25, 0.3) is 0 Å². The molecule has 27 heavy (non-hydrogen) atoms. The van der Waals surface area contributed by atoms with Gasteiger partial charge in [0.1, 0.15) is 0 Å². The number of carbonyl (C=O) groups excluding carboxylic acids is 1. The molecule has 1 amide bonds. The molecule has 2 unspecified atom stereocenters. The summed E-state index contributed by atoms with van der Waals surface area (Å²) in [5.74, 6) is 0.0774. The quantitative estimate of drug-likeness (QED) is 0.812. The number of hydrogen-bond acceptors (Lipinski definition) is 5. The summed E-state index contributed by atoms with van der Waals surface area (Å²) < 4.78 is 5.99. The number of ether oxygens (including phenoxy) is 1. The highest BCUT2D eigenvalue weighted by Gasteiger charge is 2.32. The van der Waals surface area contributed by atoms with Gasteiger partial charge >= 0.3 is 0 Å². The number of nitrogens with one attached hydrogen (secondary N) is 1. The molecule has 2 aromatic rings. The predicted octanol–water partition coefficient (Wildman–Crippen LogP) is 2.18. The highest BCUT2D eigenvalue weighted by molar-refractivity contribution is 5.77. The maximum Gasteiger partial charge on any atom is 0.227 e. The molecule has 1 fully saturated rings. The first kappa shape index (κ1) is 19.5. The van der Waals surface area contributed by atoms with Gasteiger partial charge in [0.05, 0.1) is 6.61 Å². The molecule has 1 N–H and O–H groups in total. The zero-order chi connectivity index (χ0) is 19.2. The van der Waals surface area contributed by atoms with Crippen LogP contribution in [0, 0.1) is 0 Å². The molecule has 6 heteroatoms. The normalized spacial score (nSPS) is 20.3. The number of pyridine rings is 1. The fraction of sp³-hybridized carbons (Fsp3) is 0.429. The molecule has 1 aliphatic rings. The van der Waals surface area contributed by atoms with Crippen LogP contribution < -0.4 is 5.32 Å². The molecule has 1 aliphatic heterocycles. The molecule has 0 bridgehead atoms. The van der Waals surface area contributed by atoms with Crippen LogP contribution in [0.15, 0.2) is 48.8 Å². The van der Waals surface area contributed by atoms with Crippen molar-refractivity contribution in [1.29, 1.82) is 0 Å². The maximum atomic E-state index is 12.3. The van der Waals surface area contributed by atoms with Gasteiger partial charge in [0, 0.05) is 38.4 Å². The van der Waals surface area contributed by atoms with Crippen LogP contribution in [-0.2, 0) is 22.5 Å². The lowest BCUT2D eigenvalue weighted by atomic mass is 10.0. The Kier molecular flexibility index (Phi) is 6.55. The standard InChI is InChI=1S/C21H28N4O2/c1-24(2)15-17-6-4-16(5-7-17)10-13-27-21-23-19(14-20(26)25(21)3)18-8-11-22-12-9-18/h4-9,11-12,19,21,23H,10,13-15H2,1-3H3. The largest absolute Gasteiger partial charge is 0.345 e. The first-order valence-electron chi connectivity index (χ1n) is 9.28. The zero-order valence-electron chi connectivity index (χ0n) is 16.3. The van der Waals surface area contributed by atoms with Crippen molar-refractivity contribution in [2.45, 2.75) is 31.8 Å². The van der Waals surface area contributed by atoms with Gasteiger partial charge < -0.3 is 14.5 Å². The van der Waals surface area contributed by atoms with Gasteiger partial charge in [-0.1, -0.05) is 24.3 Å². The van der Waals surface area contributed by atoms with Gasteiger partial charge in [-0.3, -0.25) is 15.1 Å². The summed E-state index contributed by atoms with van der Waals surface area (Å²) in [5.41, 5.74) is 3.58. The van der Waals surface area contributed by atoms with E-state index in [0.29, 0.717) is 13.0 Å². The molecule has 144 valence electrons. The third-order valence-electron chi connectivity index (χ3n) is 4.76. The highest BCUT2D eigenvalue weighted by Crippen LogP contribution is 2.23. The first-order chi connectivity index (χ1) is 13.0. The van der Waals surface area contributed by atoms with Crippen LogP contribution in [0.5, 0.6) is 0 Å².